The molecule has 4 heterocycles. The first-order valence-corrected chi connectivity index (χ1v) is 13.3. The van der Waals surface area contributed by atoms with E-state index in [1.807, 2.05) is 12.1 Å². The minimum absolute atomic E-state index is 0.0292. The first-order chi connectivity index (χ1) is 18.2. The highest BCUT2D eigenvalue weighted by molar-refractivity contribution is 8.18. The molecule has 2 aromatic carbocycles. The molecular weight excluding hydrogens is 539 g/mol. The summed E-state index contributed by atoms with van der Waals surface area (Å²) in [6, 6.07) is 9.70. The lowest BCUT2D eigenvalue weighted by Gasteiger charge is -2.47. The van der Waals surface area contributed by atoms with Gasteiger partial charge >= 0.3 is 6.18 Å². The smallest absolute Gasteiger partial charge is 0.379 e. The fourth-order valence-electron chi connectivity index (χ4n) is 4.90. The summed E-state index contributed by atoms with van der Waals surface area (Å²) in [6.45, 7) is 5.03. The molecule has 0 unspecified atom stereocenters. The molecule has 198 valence electrons. The number of hydrogen-bond acceptors (Lipinski definition) is 6. The maximum Gasteiger partial charge on any atom is 0.416 e. The number of ether oxygens (including phenoxy) is 1. The van der Waals surface area contributed by atoms with Crippen molar-refractivity contribution in [1.29, 1.82) is 0 Å². The molecule has 0 radical (unpaired) electrons. The summed E-state index contributed by atoms with van der Waals surface area (Å²) in [5.41, 5.74) is 0.785. The van der Waals surface area contributed by atoms with Crippen molar-refractivity contribution in [3.8, 4) is 0 Å². The highest BCUT2D eigenvalue weighted by Gasteiger charge is 2.37. The summed E-state index contributed by atoms with van der Waals surface area (Å²) in [5.74, 6) is -0.266. The molecule has 0 bridgehead atoms. The Kier molecular flexibility index (Phi) is 6.71. The molecule has 3 aromatic rings. The molecule has 7 nitrogen and oxygen atoms in total. The van der Waals surface area contributed by atoms with Gasteiger partial charge < -0.3 is 9.64 Å². The van der Waals surface area contributed by atoms with E-state index >= 15 is 0 Å². The number of carbonyl (C=O) groups is 1. The number of amidine groups is 1. The van der Waals surface area contributed by atoms with E-state index in [9.17, 15) is 18.0 Å². The van der Waals surface area contributed by atoms with Gasteiger partial charge in [0.05, 0.1) is 41.9 Å². The van der Waals surface area contributed by atoms with Crippen LogP contribution < -0.4 is 0 Å². The molecule has 0 atom stereocenters. The Bertz CT molecular complexity index is 1460. The molecule has 2 saturated heterocycles. The Hall–Kier alpha value is -2.86. The topological polar surface area (TPSA) is 63.0 Å². The molecule has 0 aliphatic carbocycles. The molecule has 6 rings (SSSR count). The second-order valence-corrected chi connectivity index (χ2v) is 10.9. The Morgan fingerprint density at radius 2 is 1.92 bits per heavy atom. The van der Waals surface area contributed by atoms with Crippen LogP contribution in [0.3, 0.4) is 0 Å². The number of amides is 1. The largest absolute Gasteiger partial charge is 0.416 e. The van der Waals surface area contributed by atoms with Gasteiger partial charge in [-0.15, -0.1) is 0 Å². The number of benzene rings is 2. The van der Waals surface area contributed by atoms with Gasteiger partial charge in [-0.05, 0) is 53.2 Å². The summed E-state index contributed by atoms with van der Waals surface area (Å²) in [6.07, 6.45) is -1.12. The number of fused-ring (bicyclic) bond motifs is 1. The van der Waals surface area contributed by atoms with Gasteiger partial charge in [-0.1, -0.05) is 23.7 Å². The van der Waals surface area contributed by atoms with E-state index in [0.717, 1.165) is 61.6 Å². The number of rotatable bonds is 4. The van der Waals surface area contributed by atoms with Gasteiger partial charge in [-0.2, -0.15) is 23.3 Å². The SMILES string of the molecule is O=C1N=C(N2CC(N3CCOCC3)C2)S/C1=C\c1ccc2c(cnn2Cc2ccc(Cl)cc2C(F)(F)F)c1. The summed E-state index contributed by atoms with van der Waals surface area (Å²) in [4.78, 5) is 21.9. The van der Waals surface area contributed by atoms with Crippen molar-refractivity contribution in [3.63, 3.8) is 0 Å². The van der Waals surface area contributed by atoms with Gasteiger partial charge in [-0.3, -0.25) is 14.4 Å². The fourth-order valence-corrected chi connectivity index (χ4v) is 6.01. The highest BCUT2D eigenvalue weighted by Crippen LogP contribution is 2.35. The average molecular weight is 562 g/mol. The number of hydrogen-bond donors (Lipinski definition) is 0. The lowest BCUT2D eigenvalue weighted by atomic mass is 10.1. The predicted octanol–water partition coefficient (Wildman–Crippen LogP) is 4.74. The van der Waals surface area contributed by atoms with Crippen LogP contribution in [-0.2, 0) is 22.3 Å². The van der Waals surface area contributed by atoms with Gasteiger partial charge in [0.15, 0.2) is 5.17 Å². The average Bonchev–Trinajstić information content (AvgIpc) is 3.42. The second kappa shape index (κ2) is 10.0. The summed E-state index contributed by atoms with van der Waals surface area (Å²) in [5, 5.41) is 5.82. The van der Waals surface area contributed by atoms with E-state index in [4.69, 9.17) is 16.3 Å². The van der Waals surface area contributed by atoms with E-state index in [1.54, 1.807) is 18.3 Å². The van der Waals surface area contributed by atoms with E-state index in [0.29, 0.717) is 16.5 Å². The molecule has 0 saturated carbocycles. The van der Waals surface area contributed by atoms with Gasteiger partial charge in [-0.25, -0.2) is 0 Å². The zero-order valence-corrected chi connectivity index (χ0v) is 21.7. The molecule has 3 aliphatic heterocycles. The third-order valence-electron chi connectivity index (χ3n) is 6.97. The van der Waals surface area contributed by atoms with Crippen LogP contribution in [0.25, 0.3) is 17.0 Å². The zero-order chi connectivity index (χ0) is 26.4. The van der Waals surface area contributed by atoms with Crippen molar-refractivity contribution in [2.24, 2.45) is 4.99 Å². The van der Waals surface area contributed by atoms with Crippen LogP contribution in [0.1, 0.15) is 16.7 Å². The molecule has 0 spiro atoms. The predicted molar refractivity (Wildman–Crippen MR) is 141 cm³/mol. The Labute approximate surface area is 225 Å². The van der Waals surface area contributed by atoms with Crippen LogP contribution in [0.2, 0.25) is 5.02 Å². The number of likely N-dealkylation sites (tertiary alicyclic amines) is 1. The van der Waals surface area contributed by atoms with Crippen LogP contribution in [-0.4, -0.2) is 76.1 Å². The lowest BCUT2D eigenvalue weighted by molar-refractivity contribution is -0.138. The minimum atomic E-state index is -4.52. The number of aromatic nitrogens is 2. The van der Waals surface area contributed by atoms with Crippen molar-refractivity contribution in [2.75, 3.05) is 39.4 Å². The first kappa shape index (κ1) is 25.4. The number of halogens is 4. The van der Waals surface area contributed by atoms with Crippen molar-refractivity contribution in [2.45, 2.75) is 18.8 Å². The normalized spacial score (nSPS) is 20.4. The first-order valence-electron chi connectivity index (χ1n) is 12.1. The number of thioether (sulfide) groups is 1. The number of alkyl halides is 3. The number of morpholine rings is 1. The van der Waals surface area contributed by atoms with E-state index in [2.05, 4.69) is 19.9 Å². The van der Waals surface area contributed by atoms with Crippen LogP contribution >= 0.6 is 23.4 Å². The monoisotopic (exact) mass is 561 g/mol. The minimum Gasteiger partial charge on any atom is -0.379 e. The summed E-state index contributed by atoms with van der Waals surface area (Å²) in [7, 11) is 0. The second-order valence-electron chi connectivity index (χ2n) is 9.44. The molecule has 1 aromatic heterocycles. The van der Waals surface area contributed by atoms with Gasteiger partial charge in [0.25, 0.3) is 5.91 Å². The quantitative estimate of drug-likeness (QED) is 0.429. The fraction of sp³-hybridized carbons (Fsp3) is 0.346. The van der Waals surface area contributed by atoms with Crippen molar-refractivity contribution in [1.82, 2.24) is 19.6 Å². The number of carbonyl (C=O) groups excluding carboxylic acids is 1. The maximum absolute atomic E-state index is 13.5. The Morgan fingerprint density at radius 1 is 1.13 bits per heavy atom. The van der Waals surface area contributed by atoms with E-state index in [-0.39, 0.29) is 23.0 Å². The highest BCUT2D eigenvalue weighted by atomic mass is 35.5. The molecule has 3 aliphatic rings. The Balaban J connectivity index is 1.15. The molecular formula is C26H23ClF3N5O2S. The van der Waals surface area contributed by atoms with Crippen molar-refractivity contribution >= 4 is 51.4 Å². The Morgan fingerprint density at radius 3 is 2.68 bits per heavy atom. The van der Waals surface area contributed by atoms with Crippen LogP contribution in [0.15, 0.2) is 52.5 Å². The van der Waals surface area contributed by atoms with Gasteiger partial charge in [0.1, 0.15) is 0 Å². The number of aliphatic imine (C=N–C) groups is 1. The summed E-state index contributed by atoms with van der Waals surface area (Å²) < 4.78 is 47.5. The van der Waals surface area contributed by atoms with Crippen molar-refractivity contribution in [3.05, 3.63) is 69.2 Å². The number of nitrogens with zero attached hydrogens (tertiary/aromatic N) is 5. The molecule has 12 heteroatoms. The van der Waals surface area contributed by atoms with Crippen LogP contribution in [0.5, 0.6) is 0 Å². The maximum atomic E-state index is 13.5. The lowest BCUT2D eigenvalue weighted by Crippen LogP contribution is -2.62. The van der Waals surface area contributed by atoms with Gasteiger partial charge in [0, 0.05) is 42.6 Å². The van der Waals surface area contributed by atoms with Crippen molar-refractivity contribution < 1.29 is 22.7 Å². The van der Waals surface area contributed by atoms with Gasteiger partial charge in [0.2, 0.25) is 0 Å². The standard InChI is InChI=1S/C26H23ClF3N5O2S/c27-19-3-2-17(21(11-19)26(28,29)30)13-35-22-4-1-16(9-18(22)12-31-35)10-23-24(36)32-25(38-23)34-14-20(15-34)33-5-7-37-8-6-33/h1-4,9-12,20H,5-8,13-15H2/b23-10-. The van der Waals surface area contributed by atoms with E-state index in [1.165, 1.54) is 28.6 Å². The molecule has 2 fully saturated rings. The van der Waals surface area contributed by atoms with Crippen LogP contribution in [0.4, 0.5) is 13.2 Å². The molecule has 1 amide bonds. The zero-order valence-electron chi connectivity index (χ0n) is 20.1. The third-order valence-corrected chi connectivity index (χ3v) is 8.24. The molecule has 38 heavy (non-hydrogen) atoms. The van der Waals surface area contributed by atoms with E-state index < -0.39 is 11.7 Å². The third kappa shape index (κ3) is 5.07. The van der Waals surface area contributed by atoms with Crippen LogP contribution in [0, 0.1) is 0 Å². The molecule has 0 N–H and O–H groups in total. The summed E-state index contributed by atoms with van der Waals surface area (Å²) >= 11 is 7.17.